The molecule has 92 valence electrons. The highest BCUT2D eigenvalue weighted by Gasteiger charge is 2.37. The zero-order valence-electron chi connectivity index (χ0n) is 10.5. The van der Waals surface area contributed by atoms with Crippen LogP contribution in [0.3, 0.4) is 0 Å². The van der Waals surface area contributed by atoms with Crippen molar-refractivity contribution < 1.29 is 9.47 Å². The van der Waals surface area contributed by atoms with Crippen LogP contribution in [-0.2, 0) is 0 Å². The average molecular weight is 233 g/mol. The number of nitrogens with zero attached hydrogens (tertiary/aromatic N) is 1. The van der Waals surface area contributed by atoms with Crippen molar-refractivity contribution in [1.29, 1.82) is 0 Å². The number of hydrogen-bond donors (Lipinski definition) is 0. The standard InChI is InChI=1S/C14H19NO2/c1-15-8-4-5-10-11(15)9-17-13-7-3-6-12(16-2)14(10)13/h3,6-7,10-11H,4-5,8-9H2,1-2H3. The summed E-state index contributed by atoms with van der Waals surface area (Å²) in [5.41, 5.74) is 1.28. The van der Waals surface area contributed by atoms with Gasteiger partial charge >= 0.3 is 0 Å². The summed E-state index contributed by atoms with van der Waals surface area (Å²) in [6.07, 6.45) is 2.50. The highest BCUT2D eigenvalue weighted by Crippen LogP contribution is 2.45. The first-order chi connectivity index (χ1) is 8.31. The van der Waals surface area contributed by atoms with Crippen LogP contribution in [0, 0.1) is 0 Å². The third kappa shape index (κ3) is 1.69. The summed E-state index contributed by atoms with van der Waals surface area (Å²) in [6, 6.07) is 6.61. The zero-order chi connectivity index (χ0) is 11.8. The largest absolute Gasteiger partial charge is 0.496 e. The summed E-state index contributed by atoms with van der Waals surface area (Å²) in [5.74, 6) is 2.56. The zero-order valence-corrected chi connectivity index (χ0v) is 10.5. The molecule has 2 unspecified atom stereocenters. The number of ether oxygens (including phenoxy) is 2. The second kappa shape index (κ2) is 4.22. The molecule has 3 rings (SSSR count). The molecule has 2 heterocycles. The van der Waals surface area contributed by atoms with Crippen LogP contribution in [0.15, 0.2) is 18.2 Å². The first kappa shape index (κ1) is 10.9. The van der Waals surface area contributed by atoms with Crippen molar-refractivity contribution in [3.05, 3.63) is 23.8 Å². The van der Waals surface area contributed by atoms with E-state index in [2.05, 4.69) is 18.0 Å². The highest BCUT2D eigenvalue weighted by atomic mass is 16.5. The van der Waals surface area contributed by atoms with Crippen molar-refractivity contribution in [2.75, 3.05) is 27.3 Å². The maximum Gasteiger partial charge on any atom is 0.126 e. The third-order valence-electron chi connectivity index (χ3n) is 4.08. The van der Waals surface area contributed by atoms with Crippen LogP contribution in [0.1, 0.15) is 24.3 Å². The number of hydrogen-bond acceptors (Lipinski definition) is 3. The lowest BCUT2D eigenvalue weighted by Gasteiger charge is -2.43. The Bertz CT molecular complexity index is 404. The molecule has 0 saturated carbocycles. The van der Waals surface area contributed by atoms with Gasteiger partial charge in [0.05, 0.1) is 13.2 Å². The Morgan fingerprint density at radius 2 is 2.29 bits per heavy atom. The molecule has 0 aliphatic carbocycles. The lowest BCUT2D eigenvalue weighted by Crippen LogP contribution is -2.47. The van der Waals surface area contributed by atoms with Gasteiger partial charge in [-0.1, -0.05) is 6.07 Å². The number of rotatable bonds is 1. The van der Waals surface area contributed by atoms with Gasteiger partial charge in [-0.05, 0) is 38.6 Å². The average Bonchev–Trinajstić information content (AvgIpc) is 2.38. The fourth-order valence-electron chi connectivity index (χ4n) is 3.17. The molecule has 0 spiro atoms. The SMILES string of the molecule is COc1cccc2c1C1CCCN(C)C1CO2. The molecule has 3 heteroatoms. The van der Waals surface area contributed by atoms with Crippen molar-refractivity contribution >= 4 is 0 Å². The Hall–Kier alpha value is -1.22. The maximum absolute atomic E-state index is 5.88. The number of likely N-dealkylation sites (N-methyl/N-ethyl adjacent to an activating group) is 1. The molecule has 1 saturated heterocycles. The molecule has 1 fully saturated rings. The molecule has 1 aromatic rings. The van der Waals surface area contributed by atoms with E-state index in [1.54, 1.807) is 7.11 Å². The Labute approximate surface area is 102 Å². The molecule has 3 nitrogen and oxygen atoms in total. The Balaban J connectivity index is 2.04. The second-order valence-electron chi connectivity index (χ2n) is 4.98. The van der Waals surface area contributed by atoms with Crippen molar-refractivity contribution in [3.63, 3.8) is 0 Å². The molecule has 0 N–H and O–H groups in total. The van der Waals surface area contributed by atoms with Gasteiger partial charge in [0.1, 0.15) is 18.1 Å². The lowest BCUT2D eigenvalue weighted by atomic mass is 9.81. The van der Waals surface area contributed by atoms with E-state index in [1.807, 2.05) is 12.1 Å². The normalized spacial score (nSPS) is 27.9. The summed E-state index contributed by atoms with van der Waals surface area (Å²) in [4.78, 5) is 2.42. The maximum atomic E-state index is 5.88. The van der Waals surface area contributed by atoms with E-state index in [9.17, 15) is 0 Å². The summed E-state index contributed by atoms with van der Waals surface area (Å²) >= 11 is 0. The van der Waals surface area contributed by atoms with E-state index in [1.165, 1.54) is 24.9 Å². The minimum absolute atomic E-state index is 0.507. The van der Waals surface area contributed by atoms with Crippen LogP contribution in [0.2, 0.25) is 0 Å². The van der Waals surface area contributed by atoms with Crippen molar-refractivity contribution in [3.8, 4) is 11.5 Å². The van der Waals surface area contributed by atoms with E-state index in [4.69, 9.17) is 9.47 Å². The first-order valence-corrected chi connectivity index (χ1v) is 6.31. The number of benzene rings is 1. The van der Waals surface area contributed by atoms with Crippen LogP contribution in [0.4, 0.5) is 0 Å². The molecule has 1 aromatic carbocycles. The fourth-order valence-corrected chi connectivity index (χ4v) is 3.17. The molecule has 0 amide bonds. The van der Waals surface area contributed by atoms with Gasteiger partial charge in [-0.3, -0.25) is 4.90 Å². The fraction of sp³-hybridized carbons (Fsp3) is 0.571. The number of likely N-dealkylation sites (tertiary alicyclic amines) is 1. The van der Waals surface area contributed by atoms with Crippen molar-refractivity contribution in [2.24, 2.45) is 0 Å². The third-order valence-corrected chi connectivity index (χ3v) is 4.08. The lowest BCUT2D eigenvalue weighted by molar-refractivity contribution is 0.0853. The Morgan fingerprint density at radius 3 is 3.12 bits per heavy atom. The highest BCUT2D eigenvalue weighted by molar-refractivity contribution is 5.49. The van der Waals surface area contributed by atoms with Gasteiger partial charge in [-0.15, -0.1) is 0 Å². The minimum atomic E-state index is 0.507. The van der Waals surface area contributed by atoms with E-state index >= 15 is 0 Å². The van der Waals surface area contributed by atoms with Crippen LogP contribution in [0.25, 0.3) is 0 Å². The van der Waals surface area contributed by atoms with Crippen LogP contribution in [-0.4, -0.2) is 38.3 Å². The first-order valence-electron chi connectivity index (χ1n) is 6.31. The van der Waals surface area contributed by atoms with E-state index < -0.39 is 0 Å². The monoisotopic (exact) mass is 233 g/mol. The van der Waals surface area contributed by atoms with Gasteiger partial charge < -0.3 is 9.47 Å². The van der Waals surface area contributed by atoms with Crippen LogP contribution >= 0.6 is 0 Å². The van der Waals surface area contributed by atoms with Gasteiger partial charge in [0, 0.05) is 11.5 Å². The number of methoxy groups -OCH3 is 1. The quantitative estimate of drug-likeness (QED) is 0.742. The molecular formula is C14H19NO2. The van der Waals surface area contributed by atoms with E-state index in [0.717, 1.165) is 18.1 Å². The number of fused-ring (bicyclic) bond motifs is 3. The summed E-state index contributed by atoms with van der Waals surface area (Å²) in [7, 11) is 3.94. The smallest absolute Gasteiger partial charge is 0.126 e. The van der Waals surface area contributed by atoms with Gasteiger partial charge in [-0.25, -0.2) is 0 Å². The Kier molecular flexibility index (Phi) is 2.71. The number of piperidine rings is 1. The van der Waals surface area contributed by atoms with Gasteiger partial charge in [-0.2, -0.15) is 0 Å². The summed E-state index contributed by atoms with van der Waals surface area (Å²) < 4.78 is 11.4. The summed E-state index contributed by atoms with van der Waals surface area (Å²) in [5, 5.41) is 0. The molecule has 17 heavy (non-hydrogen) atoms. The molecule has 2 atom stereocenters. The summed E-state index contributed by atoms with van der Waals surface area (Å²) in [6.45, 7) is 1.98. The molecule has 0 aromatic heterocycles. The molecular weight excluding hydrogens is 214 g/mol. The Morgan fingerprint density at radius 1 is 1.41 bits per heavy atom. The topological polar surface area (TPSA) is 21.7 Å². The van der Waals surface area contributed by atoms with E-state index in [0.29, 0.717) is 12.0 Å². The molecule has 0 radical (unpaired) electrons. The molecule has 2 aliphatic heterocycles. The van der Waals surface area contributed by atoms with Crippen LogP contribution in [0.5, 0.6) is 11.5 Å². The molecule has 0 bridgehead atoms. The van der Waals surface area contributed by atoms with Gasteiger partial charge in [0.15, 0.2) is 0 Å². The van der Waals surface area contributed by atoms with Crippen molar-refractivity contribution in [2.45, 2.75) is 24.8 Å². The second-order valence-corrected chi connectivity index (χ2v) is 4.98. The van der Waals surface area contributed by atoms with E-state index in [-0.39, 0.29) is 0 Å². The minimum Gasteiger partial charge on any atom is -0.496 e. The van der Waals surface area contributed by atoms with Gasteiger partial charge in [0.2, 0.25) is 0 Å². The van der Waals surface area contributed by atoms with Crippen molar-refractivity contribution in [1.82, 2.24) is 4.90 Å². The van der Waals surface area contributed by atoms with Gasteiger partial charge in [0.25, 0.3) is 0 Å². The predicted molar refractivity (Wildman–Crippen MR) is 66.9 cm³/mol. The molecule has 2 aliphatic rings. The van der Waals surface area contributed by atoms with Crippen LogP contribution < -0.4 is 9.47 Å². The predicted octanol–water partition coefficient (Wildman–Crippen LogP) is 2.27.